The van der Waals surface area contributed by atoms with E-state index in [2.05, 4.69) is 31.4 Å². The van der Waals surface area contributed by atoms with Crippen molar-refractivity contribution in [3.05, 3.63) is 29.3 Å². The Balaban J connectivity index is 1.79. The third kappa shape index (κ3) is 4.24. The normalized spacial score (nSPS) is 31.6. The quantitative estimate of drug-likeness (QED) is 0.468. The molecule has 0 saturated carbocycles. The van der Waals surface area contributed by atoms with Gasteiger partial charge in [-0.2, -0.15) is 0 Å². The summed E-state index contributed by atoms with van der Waals surface area (Å²) in [6.07, 6.45) is 2.21. The zero-order valence-electron chi connectivity index (χ0n) is 22.3. The van der Waals surface area contributed by atoms with Gasteiger partial charge in [0.2, 0.25) is 17.7 Å². The van der Waals surface area contributed by atoms with E-state index >= 15 is 0 Å². The molecule has 3 aliphatic heterocycles. The van der Waals surface area contributed by atoms with Crippen molar-refractivity contribution in [1.29, 1.82) is 0 Å². The van der Waals surface area contributed by atoms with Gasteiger partial charge in [0.05, 0.1) is 29.2 Å². The van der Waals surface area contributed by atoms with E-state index < -0.39 is 28.7 Å². The standard InChI is InChI=1S/C28H41N3O4S/c1-7-11-29-25(33)21-20-13-18(6)28(36-20)22(21)27(35)31(19(14-32)12-15(2)3)24(28)26(34)30-23-16(4)9-8-10-17(23)5/h8-10,15,18-22,24,32H,7,11-14H2,1-6H3,(H,29,33)(H,30,34)/t18?,19-,20-,21+,22+,24?,28?/m1/s1. The lowest BCUT2D eigenvalue weighted by Gasteiger charge is -2.40. The number of anilines is 1. The molecule has 3 amide bonds. The van der Waals surface area contributed by atoms with Crippen LogP contribution in [-0.4, -0.2) is 63.0 Å². The van der Waals surface area contributed by atoms with E-state index in [-0.39, 0.29) is 41.4 Å². The summed E-state index contributed by atoms with van der Waals surface area (Å²) in [6.45, 7) is 12.5. The summed E-state index contributed by atoms with van der Waals surface area (Å²) in [4.78, 5) is 43.4. The number of carbonyl (C=O) groups is 3. The van der Waals surface area contributed by atoms with Gasteiger partial charge in [-0.1, -0.05) is 45.9 Å². The van der Waals surface area contributed by atoms with Crippen molar-refractivity contribution in [3.8, 4) is 0 Å². The summed E-state index contributed by atoms with van der Waals surface area (Å²) in [5, 5.41) is 16.6. The van der Waals surface area contributed by atoms with E-state index in [1.54, 1.807) is 16.7 Å². The molecule has 3 heterocycles. The number of rotatable bonds is 9. The highest BCUT2D eigenvalue weighted by atomic mass is 32.2. The molecular weight excluding hydrogens is 474 g/mol. The number of amides is 3. The van der Waals surface area contributed by atoms with Gasteiger partial charge >= 0.3 is 0 Å². The Morgan fingerprint density at radius 1 is 1.22 bits per heavy atom. The number of nitrogens with one attached hydrogen (secondary N) is 2. The maximum atomic E-state index is 14.2. The first-order valence-electron chi connectivity index (χ1n) is 13.3. The van der Waals surface area contributed by atoms with E-state index in [1.165, 1.54) is 0 Å². The number of aryl methyl sites for hydroxylation is 2. The summed E-state index contributed by atoms with van der Waals surface area (Å²) in [6, 6.07) is 4.66. The second kappa shape index (κ2) is 10.4. The van der Waals surface area contributed by atoms with Crippen LogP contribution in [0, 0.1) is 37.5 Å². The molecule has 3 N–H and O–H groups in total. The first-order valence-corrected chi connectivity index (χ1v) is 14.2. The summed E-state index contributed by atoms with van der Waals surface area (Å²) < 4.78 is -0.693. The summed E-state index contributed by atoms with van der Waals surface area (Å²) >= 11 is 1.67. The number of likely N-dealkylation sites (tertiary alicyclic amines) is 1. The number of thioether (sulfide) groups is 1. The monoisotopic (exact) mass is 515 g/mol. The Bertz CT molecular complexity index is 1010. The number of fused-ring (bicyclic) bond motifs is 1. The van der Waals surface area contributed by atoms with Crippen molar-refractivity contribution in [2.45, 2.75) is 82.9 Å². The lowest BCUT2D eigenvalue weighted by molar-refractivity contribution is -0.142. The van der Waals surface area contributed by atoms with Crippen molar-refractivity contribution in [3.63, 3.8) is 0 Å². The zero-order chi connectivity index (χ0) is 26.4. The van der Waals surface area contributed by atoms with Crippen LogP contribution in [0.25, 0.3) is 0 Å². The van der Waals surface area contributed by atoms with E-state index in [4.69, 9.17) is 0 Å². The molecule has 0 aromatic heterocycles. The topological polar surface area (TPSA) is 98.7 Å². The minimum Gasteiger partial charge on any atom is -0.394 e. The molecule has 8 heteroatoms. The largest absolute Gasteiger partial charge is 0.394 e. The number of para-hydroxylation sites is 1. The number of benzene rings is 1. The molecule has 1 spiro atoms. The highest BCUT2D eigenvalue weighted by Crippen LogP contribution is 2.68. The van der Waals surface area contributed by atoms with Crippen LogP contribution < -0.4 is 10.6 Å². The van der Waals surface area contributed by atoms with Crippen molar-refractivity contribution < 1.29 is 19.5 Å². The minimum atomic E-state index is -0.751. The first kappa shape index (κ1) is 27.0. The molecular formula is C28H41N3O4S. The number of carbonyl (C=O) groups excluding carboxylic acids is 3. The van der Waals surface area contributed by atoms with Crippen molar-refractivity contribution >= 4 is 35.2 Å². The Labute approximate surface area is 219 Å². The van der Waals surface area contributed by atoms with Crippen LogP contribution in [0.4, 0.5) is 5.69 Å². The molecule has 36 heavy (non-hydrogen) atoms. The van der Waals surface area contributed by atoms with Crippen LogP contribution in [0.1, 0.15) is 58.1 Å². The SMILES string of the molecule is CCCNC(=O)[C@@H]1[C@H]2C(=O)N([C@@H](CO)CC(C)C)C(C(=O)Nc3c(C)cccc3C)C23S[C@@H]1CC3C. The fourth-order valence-electron chi connectivity index (χ4n) is 6.84. The minimum absolute atomic E-state index is 0.0149. The van der Waals surface area contributed by atoms with Gasteiger partial charge in [0, 0.05) is 17.5 Å². The van der Waals surface area contributed by atoms with Gasteiger partial charge in [0.1, 0.15) is 6.04 Å². The van der Waals surface area contributed by atoms with Crippen LogP contribution >= 0.6 is 11.8 Å². The fourth-order valence-corrected chi connectivity index (χ4v) is 9.25. The van der Waals surface area contributed by atoms with Gasteiger partial charge in [0.25, 0.3) is 0 Å². The predicted octanol–water partition coefficient (Wildman–Crippen LogP) is 3.51. The van der Waals surface area contributed by atoms with Gasteiger partial charge in [-0.3, -0.25) is 14.4 Å². The molecule has 2 bridgehead atoms. The molecule has 0 radical (unpaired) electrons. The number of hydrogen-bond acceptors (Lipinski definition) is 5. The van der Waals surface area contributed by atoms with Crippen molar-refractivity contribution in [1.82, 2.24) is 10.2 Å². The number of nitrogens with zero attached hydrogens (tertiary/aromatic N) is 1. The molecule has 7 atom stereocenters. The predicted molar refractivity (Wildman–Crippen MR) is 144 cm³/mol. The summed E-state index contributed by atoms with van der Waals surface area (Å²) in [7, 11) is 0. The maximum absolute atomic E-state index is 14.2. The van der Waals surface area contributed by atoms with Gasteiger partial charge in [-0.15, -0.1) is 11.8 Å². The van der Waals surface area contributed by atoms with Crippen LogP contribution in [0.3, 0.4) is 0 Å². The van der Waals surface area contributed by atoms with Crippen molar-refractivity contribution in [2.75, 3.05) is 18.5 Å². The lowest BCUT2D eigenvalue weighted by atomic mass is 9.66. The molecule has 3 saturated heterocycles. The van der Waals surface area contributed by atoms with E-state index in [0.29, 0.717) is 13.0 Å². The summed E-state index contributed by atoms with van der Waals surface area (Å²) in [5.74, 6) is -1.16. The molecule has 3 unspecified atom stereocenters. The first-order chi connectivity index (χ1) is 17.1. The molecule has 198 valence electrons. The highest BCUT2D eigenvalue weighted by molar-refractivity contribution is 8.02. The van der Waals surface area contributed by atoms with Crippen molar-refractivity contribution in [2.24, 2.45) is 23.7 Å². The zero-order valence-corrected chi connectivity index (χ0v) is 23.2. The Morgan fingerprint density at radius 2 is 1.89 bits per heavy atom. The average Bonchev–Trinajstić information content (AvgIpc) is 3.42. The van der Waals surface area contributed by atoms with Gasteiger partial charge in [0.15, 0.2) is 0 Å². The molecule has 7 nitrogen and oxygen atoms in total. The molecule has 0 aliphatic carbocycles. The Morgan fingerprint density at radius 3 is 2.47 bits per heavy atom. The highest BCUT2D eigenvalue weighted by Gasteiger charge is 2.76. The number of hydrogen-bond donors (Lipinski definition) is 3. The second-order valence-electron chi connectivity index (χ2n) is 11.3. The van der Waals surface area contributed by atoms with Crippen LogP contribution in [0.15, 0.2) is 18.2 Å². The second-order valence-corrected chi connectivity index (χ2v) is 12.9. The molecule has 1 aromatic rings. The van der Waals surface area contributed by atoms with Crippen LogP contribution in [0.2, 0.25) is 0 Å². The number of aliphatic hydroxyl groups excluding tert-OH is 1. The van der Waals surface area contributed by atoms with Gasteiger partial charge in [-0.05, 0) is 56.1 Å². The molecule has 4 rings (SSSR count). The fraction of sp³-hybridized carbons (Fsp3) is 0.679. The molecule has 1 aromatic carbocycles. The summed E-state index contributed by atoms with van der Waals surface area (Å²) in [5.41, 5.74) is 2.69. The van der Waals surface area contributed by atoms with E-state index in [1.807, 2.05) is 39.0 Å². The molecule has 3 aliphatic rings. The average molecular weight is 516 g/mol. The van der Waals surface area contributed by atoms with Gasteiger partial charge < -0.3 is 20.6 Å². The third-order valence-corrected chi connectivity index (χ3v) is 10.4. The number of aliphatic hydroxyl groups is 1. The Hall–Kier alpha value is -2.06. The van der Waals surface area contributed by atoms with Crippen LogP contribution in [-0.2, 0) is 14.4 Å². The van der Waals surface area contributed by atoms with Gasteiger partial charge in [-0.25, -0.2) is 0 Å². The Kier molecular flexibility index (Phi) is 7.77. The maximum Gasteiger partial charge on any atom is 0.248 e. The lowest BCUT2D eigenvalue weighted by Crippen LogP contribution is -2.57. The smallest absolute Gasteiger partial charge is 0.248 e. The van der Waals surface area contributed by atoms with Crippen LogP contribution in [0.5, 0.6) is 0 Å². The van der Waals surface area contributed by atoms with E-state index in [9.17, 15) is 19.5 Å². The van der Waals surface area contributed by atoms with E-state index in [0.717, 1.165) is 29.7 Å². The molecule has 3 fully saturated rings. The third-order valence-electron chi connectivity index (χ3n) is 8.36.